The van der Waals surface area contributed by atoms with Crippen molar-refractivity contribution in [1.29, 1.82) is 0 Å². The van der Waals surface area contributed by atoms with Crippen LogP contribution in [0.4, 0.5) is 5.82 Å². The van der Waals surface area contributed by atoms with E-state index in [0.717, 1.165) is 21.7 Å². The highest BCUT2D eigenvalue weighted by Gasteiger charge is 2.16. The number of fused-ring (bicyclic) bond motifs is 1. The first kappa shape index (κ1) is 16.9. The first-order valence-corrected chi connectivity index (χ1v) is 8.74. The average molecular weight is 382 g/mol. The molecule has 0 saturated heterocycles. The van der Waals surface area contributed by atoms with Crippen LogP contribution in [-0.4, -0.2) is 38.0 Å². The molecule has 27 heavy (non-hydrogen) atoms. The smallest absolute Gasteiger partial charge is 0.277 e. The van der Waals surface area contributed by atoms with Gasteiger partial charge >= 0.3 is 0 Å². The van der Waals surface area contributed by atoms with Gasteiger partial charge in [0.15, 0.2) is 0 Å². The Bertz CT molecular complexity index is 1190. The normalized spacial score (nSPS) is 10.9. The Hall–Kier alpha value is -3.53. The summed E-state index contributed by atoms with van der Waals surface area (Å²) in [5.74, 6) is 0.735. The summed E-state index contributed by atoms with van der Waals surface area (Å²) in [5.41, 5.74) is 1.24. The van der Waals surface area contributed by atoms with Crippen molar-refractivity contribution < 1.29 is 9.53 Å². The molecule has 0 saturated carbocycles. The van der Waals surface area contributed by atoms with Crippen LogP contribution in [0.2, 0.25) is 0 Å². The first-order chi connectivity index (χ1) is 13.0. The second-order valence-electron chi connectivity index (χ2n) is 5.67. The molecule has 10 heteroatoms. The molecule has 0 atom stereocenters. The molecule has 1 aromatic carbocycles. The fourth-order valence-corrected chi connectivity index (χ4v) is 3.46. The van der Waals surface area contributed by atoms with Crippen molar-refractivity contribution in [3.8, 4) is 10.9 Å². The molecule has 0 bridgehead atoms. The number of rotatable bonds is 4. The predicted molar refractivity (Wildman–Crippen MR) is 101 cm³/mol. The number of hydrogen-bond donors (Lipinski definition) is 2. The molecule has 0 fully saturated rings. The molecule has 0 radical (unpaired) electrons. The van der Waals surface area contributed by atoms with Gasteiger partial charge in [-0.25, -0.2) is 10.1 Å². The quantitative estimate of drug-likeness (QED) is 0.559. The second kappa shape index (κ2) is 6.65. The summed E-state index contributed by atoms with van der Waals surface area (Å²) in [6, 6.07) is 9.93. The summed E-state index contributed by atoms with van der Waals surface area (Å²) in [6.45, 7) is 1.82. The maximum Gasteiger partial charge on any atom is 0.277 e. The molecular weight excluding hydrogens is 368 g/mol. The van der Waals surface area contributed by atoms with Crippen molar-refractivity contribution in [3.05, 3.63) is 58.1 Å². The maximum atomic E-state index is 12.4. The van der Waals surface area contributed by atoms with E-state index in [2.05, 4.69) is 25.6 Å². The number of H-pyrrole nitrogens is 1. The second-order valence-corrected chi connectivity index (χ2v) is 6.68. The summed E-state index contributed by atoms with van der Waals surface area (Å²) in [4.78, 5) is 28.1. The average Bonchev–Trinajstić information content (AvgIpc) is 3.24. The lowest BCUT2D eigenvalue weighted by Gasteiger charge is -2.05. The Morgan fingerprint density at radius 1 is 1.26 bits per heavy atom. The van der Waals surface area contributed by atoms with Crippen LogP contribution in [0, 0.1) is 6.92 Å². The maximum absolute atomic E-state index is 12.4. The van der Waals surface area contributed by atoms with Crippen LogP contribution in [-0.2, 0) is 0 Å². The van der Waals surface area contributed by atoms with E-state index in [-0.39, 0.29) is 11.3 Å². The Morgan fingerprint density at radius 3 is 2.85 bits per heavy atom. The van der Waals surface area contributed by atoms with Gasteiger partial charge in [-0.05, 0) is 31.2 Å². The number of nitrogens with one attached hydrogen (secondary N) is 2. The van der Waals surface area contributed by atoms with Crippen LogP contribution in [0.3, 0.4) is 0 Å². The van der Waals surface area contributed by atoms with Gasteiger partial charge < -0.3 is 10.1 Å². The summed E-state index contributed by atoms with van der Waals surface area (Å²) in [7, 11) is 1.61. The first-order valence-electron chi connectivity index (χ1n) is 7.92. The number of aromatic amines is 1. The highest BCUT2D eigenvalue weighted by atomic mass is 32.1. The molecule has 0 unspecified atom stereocenters. The lowest BCUT2D eigenvalue weighted by Crippen LogP contribution is -2.19. The third-order valence-corrected chi connectivity index (χ3v) is 4.74. The third kappa shape index (κ3) is 3.29. The molecular formula is C17H14N6O3S. The fourth-order valence-electron chi connectivity index (χ4n) is 2.50. The number of carbonyl (C=O) groups is 1. The topological polar surface area (TPSA) is 115 Å². The highest BCUT2D eigenvalue weighted by Crippen LogP contribution is 2.30. The molecule has 2 N–H and O–H groups in total. The number of aryl methyl sites for hydroxylation is 1. The molecule has 3 heterocycles. The number of nitrogens with zero attached hydrogens (tertiary/aromatic N) is 4. The zero-order valence-corrected chi connectivity index (χ0v) is 15.2. The van der Waals surface area contributed by atoms with E-state index in [4.69, 9.17) is 4.74 Å². The predicted octanol–water partition coefficient (Wildman–Crippen LogP) is 2.13. The van der Waals surface area contributed by atoms with Gasteiger partial charge in [-0.15, -0.1) is 0 Å². The van der Waals surface area contributed by atoms with Gasteiger partial charge in [0.1, 0.15) is 17.3 Å². The SMILES string of the molecule is COc1ccc2nc(-n3nc(C)cc3NC(=O)c3ccc(=O)[nH]n3)sc2c1. The summed E-state index contributed by atoms with van der Waals surface area (Å²) in [6.07, 6.45) is 0. The van der Waals surface area contributed by atoms with Crippen molar-refractivity contribution in [2.24, 2.45) is 0 Å². The van der Waals surface area contributed by atoms with Gasteiger partial charge in [0.25, 0.3) is 11.5 Å². The van der Waals surface area contributed by atoms with Crippen molar-refractivity contribution in [2.75, 3.05) is 12.4 Å². The molecule has 0 spiro atoms. The molecule has 0 aliphatic rings. The minimum absolute atomic E-state index is 0.0917. The number of thiazole rings is 1. The molecule has 1 amide bonds. The van der Waals surface area contributed by atoms with E-state index < -0.39 is 5.91 Å². The van der Waals surface area contributed by atoms with Crippen LogP contribution < -0.4 is 15.6 Å². The molecule has 3 aromatic heterocycles. The zero-order chi connectivity index (χ0) is 19.0. The summed E-state index contributed by atoms with van der Waals surface area (Å²) < 4.78 is 7.75. The van der Waals surface area contributed by atoms with Gasteiger partial charge in [-0.1, -0.05) is 11.3 Å². The molecule has 0 aliphatic heterocycles. The van der Waals surface area contributed by atoms with E-state index in [1.807, 2.05) is 25.1 Å². The van der Waals surface area contributed by atoms with E-state index in [1.54, 1.807) is 17.9 Å². The van der Waals surface area contributed by atoms with Gasteiger partial charge in [0.2, 0.25) is 5.13 Å². The van der Waals surface area contributed by atoms with E-state index in [1.165, 1.54) is 23.5 Å². The van der Waals surface area contributed by atoms with Crippen molar-refractivity contribution >= 4 is 33.3 Å². The minimum Gasteiger partial charge on any atom is -0.497 e. The summed E-state index contributed by atoms with van der Waals surface area (Å²) in [5, 5.41) is 13.7. The Kier molecular flexibility index (Phi) is 4.16. The number of methoxy groups -OCH3 is 1. The number of hydrogen-bond acceptors (Lipinski definition) is 7. The molecule has 4 aromatic rings. The van der Waals surface area contributed by atoms with E-state index >= 15 is 0 Å². The van der Waals surface area contributed by atoms with Crippen molar-refractivity contribution in [2.45, 2.75) is 6.92 Å². The molecule has 9 nitrogen and oxygen atoms in total. The number of anilines is 1. The Morgan fingerprint density at radius 2 is 2.11 bits per heavy atom. The van der Waals surface area contributed by atoms with Gasteiger partial charge in [-0.2, -0.15) is 14.9 Å². The lowest BCUT2D eigenvalue weighted by atomic mass is 10.3. The lowest BCUT2D eigenvalue weighted by molar-refractivity contribution is 0.102. The van der Waals surface area contributed by atoms with Crippen LogP contribution in [0.5, 0.6) is 5.75 Å². The van der Waals surface area contributed by atoms with Gasteiger partial charge in [0, 0.05) is 12.1 Å². The number of aromatic nitrogens is 5. The highest BCUT2D eigenvalue weighted by molar-refractivity contribution is 7.20. The Labute approximate surface area is 156 Å². The van der Waals surface area contributed by atoms with E-state index in [0.29, 0.717) is 10.9 Å². The van der Waals surface area contributed by atoms with Crippen LogP contribution in [0.25, 0.3) is 15.3 Å². The van der Waals surface area contributed by atoms with Crippen LogP contribution in [0.1, 0.15) is 16.2 Å². The zero-order valence-electron chi connectivity index (χ0n) is 14.4. The number of ether oxygens (including phenoxy) is 1. The number of amides is 1. The van der Waals surface area contributed by atoms with E-state index in [9.17, 15) is 9.59 Å². The molecule has 4 rings (SSSR count). The molecule has 0 aliphatic carbocycles. The van der Waals surface area contributed by atoms with Crippen molar-refractivity contribution in [3.63, 3.8) is 0 Å². The number of carbonyl (C=O) groups excluding carboxylic acids is 1. The Balaban J connectivity index is 1.69. The fraction of sp³-hybridized carbons (Fsp3) is 0.118. The van der Waals surface area contributed by atoms with Gasteiger partial charge in [-0.3, -0.25) is 9.59 Å². The monoisotopic (exact) mass is 382 g/mol. The van der Waals surface area contributed by atoms with Crippen LogP contribution >= 0.6 is 11.3 Å². The minimum atomic E-state index is -0.463. The standard InChI is InChI=1S/C17H14N6O3S/c1-9-7-14(19-16(25)12-5-6-15(24)21-20-12)23(22-9)17-18-11-4-3-10(26-2)8-13(11)27-17/h3-8H,1-2H3,(H,19,25)(H,21,24). The van der Waals surface area contributed by atoms with Crippen molar-refractivity contribution in [1.82, 2.24) is 25.0 Å². The summed E-state index contributed by atoms with van der Waals surface area (Å²) >= 11 is 1.43. The largest absolute Gasteiger partial charge is 0.497 e. The van der Waals surface area contributed by atoms with Crippen LogP contribution in [0.15, 0.2) is 41.2 Å². The van der Waals surface area contributed by atoms with Gasteiger partial charge in [0.05, 0.1) is 23.0 Å². The molecule has 136 valence electrons. The third-order valence-electron chi connectivity index (χ3n) is 3.75. The number of benzene rings is 1.